The minimum Gasteiger partial charge on any atom is -0.387 e. The van der Waals surface area contributed by atoms with Crippen molar-refractivity contribution < 1.29 is 15.3 Å². The number of hydrogen-bond acceptors (Lipinski definition) is 3. The van der Waals surface area contributed by atoms with Crippen LogP contribution in [0.4, 0.5) is 0 Å². The minimum absolute atomic E-state index is 0.606. The Morgan fingerprint density at radius 1 is 1.12 bits per heavy atom. The van der Waals surface area contributed by atoms with Gasteiger partial charge in [-0.1, -0.05) is 10.7 Å². The van der Waals surface area contributed by atoms with Gasteiger partial charge in [-0.3, -0.25) is 0 Å². The molecule has 0 amide bonds. The predicted molar refractivity (Wildman–Crippen MR) is 63.5 cm³/mol. The fourth-order valence-corrected chi connectivity index (χ4v) is 2.26. The van der Waals surface area contributed by atoms with Crippen molar-refractivity contribution in [1.29, 1.82) is 0 Å². The van der Waals surface area contributed by atoms with E-state index in [0.29, 0.717) is 10.8 Å². The Morgan fingerprint density at radius 3 is 2.76 bits per heavy atom. The Hall–Kier alpha value is -1.71. The maximum absolute atomic E-state index is 9.90. The van der Waals surface area contributed by atoms with Crippen LogP contribution in [0.3, 0.4) is 0 Å². The molecule has 0 radical (unpaired) electrons. The molecule has 3 N–H and O–H groups in total. The first-order valence-corrected chi connectivity index (χ1v) is 5.45. The summed E-state index contributed by atoms with van der Waals surface area (Å²) >= 11 is 0. The molecule has 86 valence electrons. The van der Waals surface area contributed by atoms with Crippen molar-refractivity contribution in [3.63, 3.8) is 0 Å². The van der Waals surface area contributed by atoms with Crippen LogP contribution in [0.15, 0.2) is 18.2 Å². The fraction of sp³-hybridized carbons (Fsp3) is 0.231. The zero-order valence-corrected chi connectivity index (χ0v) is 8.99. The van der Waals surface area contributed by atoms with Crippen LogP contribution >= 0.6 is 0 Å². The summed E-state index contributed by atoms with van der Waals surface area (Å²) in [5.74, 6) is 0. The third-order valence-corrected chi connectivity index (χ3v) is 3.18. The maximum Gasteiger partial charge on any atom is 0.341 e. The van der Waals surface area contributed by atoms with Crippen molar-refractivity contribution in [2.75, 3.05) is 0 Å². The van der Waals surface area contributed by atoms with Crippen molar-refractivity contribution in [2.24, 2.45) is 0 Å². The van der Waals surface area contributed by atoms with Crippen molar-refractivity contribution >= 4 is 18.4 Å². The second-order valence-electron chi connectivity index (χ2n) is 4.24. The SMILES string of the molecule is O[C@@H]1[C@H](O)C=c2c(ccc3c2=[N+]=CC=C3)[C@H]1O. The number of hydrogen-bond donors (Lipinski definition) is 3. The van der Waals surface area contributed by atoms with Gasteiger partial charge in [0, 0.05) is 6.08 Å². The molecule has 0 saturated heterocycles. The van der Waals surface area contributed by atoms with Crippen LogP contribution in [-0.2, 0) is 0 Å². The van der Waals surface area contributed by atoms with E-state index in [4.69, 9.17) is 0 Å². The summed E-state index contributed by atoms with van der Waals surface area (Å²) in [5.41, 5.74) is 1.55. The van der Waals surface area contributed by atoms with Crippen molar-refractivity contribution in [2.45, 2.75) is 18.3 Å². The van der Waals surface area contributed by atoms with E-state index < -0.39 is 18.3 Å². The van der Waals surface area contributed by atoms with Gasteiger partial charge in [0.2, 0.25) is 0 Å². The van der Waals surface area contributed by atoms with Crippen molar-refractivity contribution in [3.8, 4) is 0 Å². The molecule has 1 aromatic carbocycles. The van der Waals surface area contributed by atoms with E-state index >= 15 is 0 Å². The molecule has 4 nitrogen and oxygen atoms in total. The van der Waals surface area contributed by atoms with Gasteiger partial charge in [-0.15, -0.1) is 0 Å². The van der Waals surface area contributed by atoms with E-state index in [9.17, 15) is 15.3 Å². The van der Waals surface area contributed by atoms with E-state index in [1.807, 2.05) is 18.2 Å². The van der Waals surface area contributed by atoms with Gasteiger partial charge in [0.1, 0.15) is 18.3 Å². The molecule has 0 bridgehead atoms. The molecule has 17 heavy (non-hydrogen) atoms. The molecule has 0 unspecified atom stereocenters. The van der Waals surface area contributed by atoms with Gasteiger partial charge in [0.05, 0.1) is 10.8 Å². The van der Waals surface area contributed by atoms with Gasteiger partial charge in [-0.2, -0.15) is 0 Å². The van der Waals surface area contributed by atoms with E-state index in [0.717, 1.165) is 10.9 Å². The molecule has 0 spiro atoms. The first kappa shape index (κ1) is 10.4. The highest BCUT2D eigenvalue weighted by Gasteiger charge is 2.31. The van der Waals surface area contributed by atoms with Crippen molar-refractivity contribution in [1.82, 2.24) is 4.67 Å². The number of nitrogens with zero attached hydrogens (tertiary/aromatic N) is 1. The van der Waals surface area contributed by atoms with Crippen LogP contribution in [0, 0.1) is 0 Å². The molecule has 1 aliphatic carbocycles. The van der Waals surface area contributed by atoms with Gasteiger partial charge >= 0.3 is 5.36 Å². The number of aliphatic hydroxyl groups excluding tert-OH is 3. The molecule has 2 aliphatic rings. The van der Waals surface area contributed by atoms with Crippen LogP contribution in [0.5, 0.6) is 0 Å². The zero-order valence-electron chi connectivity index (χ0n) is 8.99. The zero-order chi connectivity index (χ0) is 12.0. The largest absolute Gasteiger partial charge is 0.387 e. The van der Waals surface area contributed by atoms with Gasteiger partial charge in [-0.25, -0.2) is 0 Å². The van der Waals surface area contributed by atoms with Crippen LogP contribution in [-0.4, -0.2) is 33.7 Å². The molecule has 0 saturated carbocycles. The summed E-state index contributed by atoms with van der Waals surface area (Å²) in [6, 6.07) is 3.61. The molecule has 1 aliphatic heterocycles. The Labute approximate surface area is 97.2 Å². The lowest BCUT2D eigenvalue weighted by atomic mass is 9.90. The number of allylic oxidation sites excluding steroid dienone is 1. The van der Waals surface area contributed by atoms with Crippen LogP contribution in [0.25, 0.3) is 12.2 Å². The van der Waals surface area contributed by atoms with E-state index in [1.165, 1.54) is 0 Å². The second-order valence-corrected chi connectivity index (χ2v) is 4.24. The normalized spacial score (nSPS) is 29.0. The quantitative estimate of drug-likeness (QED) is 0.452. The summed E-state index contributed by atoms with van der Waals surface area (Å²) in [7, 11) is 0. The van der Waals surface area contributed by atoms with Gasteiger partial charge in [0.25, 0.3) is 6.21 Å². The number of benzene rings is 1. The standard InChI is InChI=1S/C13H12NO3/c15-10-6-9-8(12(16)13(10)17)4-3-7-2-1-5-14-11(7)9/h1-6,10,12-13,15-17H/q+1/t10-,12-,13-/m1/s1. The third kappa shape index (κ3) is 1.47. The topological polar surface area (TPSA) is 74.8 Å². The van der Waals surface area contributed by atoms with Gasteiger partial charge < -0.3 is 15.3 Å². The lowest BCUT2D eigenvalue weighted by Gasteiger charge is -2.25. The average molecular weight is 230 g/mol. The predicted octanol–water partition coefficient (Wildman–Crippen LogP) is -1.98. The molecule has 4 heteroatoms. The van der Waals surface area contributed by atoms with Crippen LogP contribution in [0.2, 0.25) is 0 Å². The lowest BCUT2D eigenvalue weighted by Crippen LogP contribution is -2.45. The molecule has 1 aromatic rings. The molecular formula is C13H12NO3+. The summed E-state index contributed by atoms with van der Waals surface area (Å²) in [5, 5.41) is 30.6. The summed E-state index contributed by atoms with van der Waals surface area (Å²) in [4.78, 5) is 0. The monoisotopic (exact) mass is 230 g/mol. The Balaban J connectivity index is 2.41. The smallest absolute Gasteiger partial charge is 0.341 e. The second kappa shape index (κ2) is 3.65. The molecule has 3 atom stereocenters. The molecule has 0 aromatic heterocycles. The summed E-state index contributed by atoms with van der Waals surface area (Å²) in [6.45, 7) is 0. The molecule has 1 heterocycles. The van der Waals surface area contributed by atoms with Crippen LogP contribution in [0.1, 0.15) is 17.2 Å². The Bertz CT molecular complexity index is 656. The third-order valence-electron chi connectivity index (χ3n) is 3.18. The van der Waals surface area contributed by atoms with Gasteiger partial charge in [0.15, 0.2) is 0 Å². The Morgan fingerprint density at radius 2 is 1.94 bits per heavy atom. The first-order valence-electron chi connectivity index (χ1n) is 5.45. The van der Waals surface area contributed by atoms with Gasteiger partial charge in [-0.05, 0) is 23.8 Å². The number of aliphatic hydroxyl groups is 3. The lowest BCUT2D eigenvalue weighted by molar-refractivity contribution is -0.0411. The molecule has 0 fully saturated rings. The average Bonchev–Trinajstić information content (AvgIpc) is 2.36. The summed E-state index contributed by atoms with van der Waals surface area (Å²) < 4.78 is 4.25. The first-order chi connectivity index (χ1) is 8.18. The summed E-state index contributed by atoms with van der Waals surface area (Å²) in [6.07, 6.45) is 3.65. The number of rotatable bonds is 0. The minimum atomic E-state index is -1.18. The van der Waals surface area contributed by atoms with Crippen LogP contribution < -0.4 is 15.2 Å². The molecule has 3 rings (SSSR count). The highest BCUT2D eigenvalue weighted by atomic mass is 16.4. The number of fused-ring (bicyclic) bond motifs is 3. The Kier molecular flexibility index (Phi) is 2.24. The molecular weight excluding hydrogens is 218 g/mol. The van der Waals surface area contributed by atoms with E-state index in [2.05, 4.69) is 4.67 Å². The van der Waals surface area contributed by atoms with E-state index in [-0.39, 0.29) is 0 Å². The highest BCUT2D eigenvalue weighted by Crippen LogP contribution is 2.20. The van der Waals surface area contributed by atoms with E-state index in [1.54, 1.807) is 18.4 Å². The highest BCUT2D eigenvalue weighted by molar-refractivity contribution is 5.79. The van der Waals surface area contributed by atoms with Crippen molar-refractivity contribution in [3.05, 3.63) is 39.9 Å². The maximum atomic E-state index is 9.90. The fourth-order valence-electron chi connectivity index (χ4n) is 2.26.